The van der Waals surface area contributed by atoms with Crippen molar-refractivity contribution in [1.82, 2.24) is 0 Å². The summed E-state index contributed by atoms with van der Waals surface area (Å²) in [7, 11) is 0. The summed E-state index contributed by atoms with van der Waals surface area (Å²) in [5.74, 6) is -2.40. The molecule has 2 rings (SSSR count). The van der Waals surface area contributed by atoms with E-state index in [2.05, 4.69) is 0 Å². The maximum atomic E-state index is 13.0. The van der Waals surface area contributed by atoms with Gasteiger partial charge in [0.2, 0.25) is 0 Å². The molecule has 1 aliphatic rings. The van der Waals surface area contributed by atoms with Crippen LogP contribution in [0.3, 0.4) is 0 Å². The Morgan fingerprint density at radius 2 is 1.66 bits per heavy atom. The third-order valence-electron chi connectivity index (χ3n) is 5.32. The highest BCUT2D eigenvalue weighted by molar-refractivity contribution is 6.21. The van der Waals surface area contributed by atoms with Gasteiger partial charge in [0.15, 0.2) is 0 Å². The van der Waals surface area contributed by atoms with Crippen molar-refractivity contribution >= 4 is 17.6 Å². The number of aliphatic hydroxyl groups is 1. The quantitative estimate of drug-likeness (QED) is 0.196. The van der Waals surface area contributed by atoms with Gasteiger partial charge in [0.25, 0.3) is 0 Å². The number of unbranched alkanes of at least 4 members (excludes halogenated alkanes) is 1. The van der Waals surface area contributed by atoms with Crippen LogP contribution in [0.25, 0.3) is 0 Å². The van der Waals surface area contributed by atoms with E-state index in [9.17, 15) is 36.2 Å². The maximum absolute atomic E-state index is 13.0. The molecule has 1 aromatic carbocycles. The number of carbonyl (C=O) groups is 1. The molecular weight excluding hydrogens is 466 g/mol. The molecule has 1 saturated carbocycles. The van der Waals surface area contributed by atoms with Crippen LogP contribution in [0.2, 0.25) is 0 Å². The second-order valence-corrected chi connectivity index (χ2v) is 8.25. The van der Waals surface area contributed by atoms with Crippen LogP contribution < -0.4 is 4.74 Å². The lowest BCUT2D eigenvalue weighted by Gasteiger charge is -2.23. The minimum absolute atomic E-state index is 0.0179. The highest BCUT2D eigenvalue weighted by Crippen LogP contribution is 2.41. The Morgan fingerprint density at radius 1 is 1.06 bits per heavy atom. The van der Waals surface area contributed by atoms with Gasteiger partial charge in [0.1, 0.15) is 5.75 Å². The van der Waals surface area contributed by atoms with Crippen LogP contribution in [-0.2, 0) is 17.1 Å². The maximum Gasteiger partial charge on any atom is 0.416 e. The van der Waals surface area contributed by atoms with Gasteiger partial charge in [-0.05, 0) is 49.8 Å². The fourth-order valence-electron chi connectivity index (χ4n) is 3.64. The van der Waals surface area contributed by atoms with Gasteiger partial charge in [0.05, 0.1) is 23.8 Å². The number of alkyl halides is 7. The van der Waals surface area contributed by atoms with Crippen molar-refractivity contribution in [1.29, 1.82) is 0 Å². The molecule has 1 aliphatic carbocycles. The predicted molar refractivity (Wildman–Crippen MR) is 104 cm³/mol. The van der Waals surface area contributed by atoms with E-state index in [1.165, 1.54) is 0 Å². The van der Waals surface area contributed by atoms with E-state index in [1.54, 1.807) is 12.2 Å². The monoisotopic (exact) mass is 488 g/mol. The van der Waals surface area contributed by atoms with Gasteiger partial charge in [-0.25, -0.2) is 0 Å². The first-order chi connectivity index (χ1) is 14.8. The summed E-state index contributed by atoms with van der Waals surface area (Å²) in [6.45, 7) is -0.305. The third-order valence-corrected chi connectivity index (χ3v) is 5.82. The zero-order chi connectivity index (χ0) is 24.1. The molecule has 2 unspecified atom stereocenters. The highest BCUT2D eigenvalue weighted by atomic mass is 35.5. The Hall–Kier alpha value is -1.94. The van der Waals surface area contributed by atoms with Gasteiger partial charge < -0.3 is 14.9 Å². The Morgan fingerprint density at radius 3 is 2.19 bits per heavy atom. The van der Waals surface area contributed by atoms with Crippen molar-refractivity contribution in [3.63, 3.8) is 0 Å². The molecular formula is C21H23ClF6O4. The van der Waals surface area contributed by atoms with E-state index < -0.39 is 52.6 Å². The van der Waals surface area contributed by atoms with E-state index in [-0.39, 0.29) is 31.4 Å². The number of carboxylic acid groups (broad SMARTS) is 1. The summed E-state index contributed by atoms with van der Waals surface area (Å²) in [5.41, 5.74) is -2.96. The standard InChI is InChI=1S/C21H23ClF6O4/c22-17-10-18(29)16(15(17)5-3-1-2-4-6-19(30)31)11-32-14-8-12(20(23,24)25)7-13(9-14)21(26,27)28/h1,3,7-9,15-18,29H,2,4-6,10-11H2,(H,30,31)/b3-1-/t15-,16?,17-,18?/m1/s1. The molecule has 0 spiro atoms. The lowest BCUT2D eigenvalue weighted by atomic mass is 9.92. The molecule has 0 saturated heterocycles. The van der Waals surface area contributed by atoms with Crippen molar-refractivity contribution in [3.8, 4) is 5.75 Å². The number of rotatable bonds is 9. The Balaban J connectivity index is 2.08. The van der Waals surface area contributed by atoms with E-state index >= 15 is 0 Å². The highest BCUT2D eigenvalue weighted by Gasteiger charge is 2.42. The molecule has 0 bridgehead atoms. The van der Waals surface area contributed by atoms with Crippen molar-refractivity contribution in [3.05, 3.63) is 41.5 Å². The van der Waals surface area contributed by atoms with Crippen LogP contribution in [0.1, 0.15) is 43.2 Å². The molecule has 0 heterocycles. The fraction of sp³-hybridized carbons (Fsp3) is 0.571. The van der Waals surface area contributed by atoms with Crippen molar-refractivity contribution in [2.75, 3.05) is 6.61 Å². The number of carboxylic acids is 1. The van der Waals surface area contributed by atoms with Gasteiger partial charge in [-0.3, -0.25) is 4.79 Å². The number of hydrogen-bond acceptors (Lipinski definition) is 3. The van der Waals surface area contributed by atoms with Crippen LogP contribution in [-0.4, -0.2) is 34.3 Å². The molecule has 0 amide bonds. The smallest absolute Gasteiger partial charge is 0.416 e. The number of allylic oxidation sites excluding steroid dienone is 2. The molecule has 0 aromatic heterocycles. The number of hydrogen-bond donors (Lipinski definition) is 2. The van der Waals surface area contributed by atoms with Crippen LogP contribution >= 0.6 is 11.6 Å². The van der Waals surface area contributed by atoms with E-state index in [0.717, 1.165) is 0 Å². The minimum atomic E-state index is -4.98. The Kier molecular flexibility index (Phi) is 8.87. The van der Waals surface area contributed by atoms with Crippen LogP contribution in [0.15, 0.2) is 30.4 Å². The molecule has 2 N–H and O–H groups in total. The van der Waals surface area contributed by atoms with Gasteiger partial charge in [-0.15, -0.1) is 11.6 Å². The number of aliphatic hydroxyl groups excluding tert-OH is 1. The Bertz CT molecular complexity index is 776. The van der Waals surface area contributed by atoms with Gasteiger partial charge in [0, 0.05) is 17.7 Å². The van der Waals surface area contributed by atoms with Crippen molar-refractivity contribution in [2.45, 2.75) is 55.9 Å². The largest absolute Gasteiger partial charge is 0.493 e. The zero-order valence-corrected chi connectivity index (χ0v) is 17.6. The van der Waals surface area contributed by atoms with Crippen molar-refractivity contribution < 1.29 is 46.1 Å². The van der Waals surface area contributed by atoms with E-state index in [4.69, 9.17) is 21.4 Å². The zero-order valence-electron chi connectivity index (χ0n) is 16.8. The summed E-state index contributed by atoms with van der Waals surface area (Å²) in [6.07, 6.45) is -5.72. The second kappa shape index (κ2) is 10.8. The number of halogens is 7. The van der Waals surface area contributed by atoms with Gasteiger partial charge in [-0.1, -0.05) is 12.2 Å². The number of benzene rings is 1. The SMILES string of the molecule is O=C(O)CCC/C=C\C[C@@H]1C(COc2cc(C(F)(F)F)cc(C(F)(F)F)c2)C(O)C[C@H]1Cl. The summed E-state index contributed by atoms with van der Waals surface area (Å²) >= 11 is 6.28. The molecule has 1 aromatic rings. The molecule has 0 aliphatic heterocycles. The molecule has 11 heteroatoms. The Labute approximate surface area is 185 Å². The third kappa shape index (κ3) is 7.58. The van der Waals surface area contributed by atoms with Crippen LogP contribution in [0.4, 0.5) is 26.3 Å². The minimum Gasteiger partial charge on any atom is -0.493 e. The average molecular weight is 489 g/mol. The predicted octanol–water partition coefficient (Wildman–Crippen LogP) is 5.91. The molecule has 32 heavy (non-hydrogen) atoms. The number of aliphatic carboxylic acids is 1. The van der Waals surface area contributed by atoms with Crippen LogP contribution in [0.5, 0.6) is 5.75 Å². The van der Waals surface area contributed by atoms with Crippen molar-refractivity contribution in [2.24, 2.45) is 11.8 Å². The first-order valence-corrected chi connectivity index (χ1v) is 10.3. The lowest BCUT2D eigenvalue weighted by molar-refractivity contribution is -0.143. The average Bonchev–Trinajstić information content (AvgIpc) is 2.93. The van der Waals surface area contributed by atoms with E-state index in [1.807, 2.05) is 0 Å². The van der Waals surface area contributed by atoms with Gasteiger partial charge >= 0.3 is 18.3 Å². The van der Waals surface area contributed by atoms with Gasteiger partial charge in [-0.2, -0.15) is 26.3 Å². The van der Waals surface area contributed by atoms with Crippen LogP contribution in [0, 0.1) is 11.8 Å². The topological polar surface area (TPSA) is 66.8 Å². The van der Waals surface area contributed by atoms with E-state index in [0.29, 0.717) is 31.4 Å². The summed E-state index contributed by atoms with van der Waals surface area (Å²) < 4.78 is 83.3. The normalized spacial score (nSPS) is 24.2. The summed E-state index contributed by atoms with van der Waals surface area (Å²) in [4.78, 5) is 10.5. The molecule has 1 fully saturated rings. The molecule has 180 valence electrons. The molecule has 0 radical (unpaired) electrons. The molecule has 4 nitrogen and oxygen atoms in total. The summed E-state index contributed by atoms with van der Waals surface area (Å²) in [6, 6.07) is 1.00. The fourth-order valence-corrected chi connectivity index (χ4v) is 4.11. The second-order valence-electron chi connectivity index (χ2n) is 7.69. The molecule has 4 atom stereocenters. The number of ether oxygens (including phenoxy) is 1. The first-order valence-electron chi connectivity index (χ1n) is 9.90. The lowest BCUT2D eigenvalue weighted by Crippen LogP contribution is -2.27. The summed E-state index contributed by atoms with van der Waals surface area (Å²) in [5, 5.41) is 18.4. The first kappa shape index (κ1) is 26.3.